The number of amides is 1. The standard InChI is InChI=1S/C13H21N5O.HI/c1-4-10(2)17-13(14-3)16-9-12(19)18-11-6-5-7-15-8-11;/h5-8,10H,4,9H2,1-3H3,(H,18,19)(H2,14,16,17);1H. The highest BCUT2D eigenvalue weighted by molar-refractivity contribution is 14.0. The zero-order chi connectivity index (χ0) is 14.1. The predicted octanol–water partition coefficient (Wildman–Crippen LogP) is 1.60. The van der Waals surface area contributed by atoms with Gasteiger partial charge in [0.1, 0.15) is 0 Å². The fraction of sp³-hybridized carbons (Fsp3) is 0.462. The second-order valence-corrected chi connectivity index (χ2v) is 4.17. The monoisotopic (exact) mass is 391 g/mol. The van der Waals surface area contributed by atoms with Gasteiger partial charge in [-0.1, -0.05) is 6.92 Å². The number of rotatable bonds is 5. The number of guanidine groups is 1. The lowest BCUT2D eigenvalue weighted by molar-refractivity contribution is -0.115. The molecule has 1 aromatic heterocycles. The van der Waals surface area contributed by atoms with Crippen LogP contribution in [-0.2, 0) is 4.79 Å². The van der Waals surface area contributed by atoms with Crippen LogP contribution in [0.25, 0.3) is 0 Å². The summed E-state index contributed by atoms with van der Waals surface area (Å²) in [6.45, 7) is 4.30. The zero-order valence-electron chi connectivity index (χ0n) is 12.0. The first-order chi connectivity index (χ1) is 9.15. The van der Waals surface area contributed by atoms with Gasteiger partial charge in [-0.05, 0) is 25.5 Å². The minimum Gasteiger partial charge on any atom is -0.354 e. The quantitative estimate of drug-likeness (QED) is 0.405. The lowest BCUT2D eigenvalue weighted by Crippen LogP contribution is -2.44. The van der Waals surface area contributed by atoms with Crippen molar-refractivity contribution in [3.05, 3.63) is 24.5 Å². The summed E-state index contributed by atoms with van der Waals surface area (Å²) in [6.07, 6.45) is 4.25. The van der Waals surface area contributed by atoms with Gasteiger partial charge < -0.3 is 16.0 Å². The molecule has 0 spiro atoms. The first-order valence-corrected chi connectivity index (χ1v) is 6.32. The van der Waals surface area contributed by atoms with E-state index in [0.717, 1.165) is 6.42 Å². The van der Waals surface area contributed by atoms with Crippen LogP contribution in [0, 0.1) is 0 Å². The minimum atomic E-state index is -0.139. The predicted molar refractivity (Wildman–Crippen MR) is 92.5 cm³/mol. The number of pyridine rings is 1. The van der Waals surface area contributed by atoms with Gasteiger partial charge in [0.15, 0.2) is 5.96 Å². The summed E-state index contributed by atoms with van der Waals surface area (Å²) < 4.78 is 0. The highest BCUT2D eigenvalue weighted by Crippen LogP contribution is 2.01. The Kier molecular flexibility index (Phi) is 9.69. The third-order valence-electron chi connectivity index (χ3n) is 2.58. The smallest absolute Gasteiger partial charge is 0.243 e. The van der Waals surface area contributed by atoms with Crippen LogP contribution in [0.2, 0.25) is 0 Å². The third-order valence-corrected chi connectivity index (χ3v) is 2.58. The maximum atomic E-state index is 11.7. The molecule has 0 saturated carbocycles. The molecular formula is C13H22IN5O. The van der Waals surface area contributed by atoms with E-state index in [4.69, 9.17) is 0 Å². The Bertz CT molecular complexity index is 424. The lowest BCUT2D eigenvalue weighted by Gasteiger charge is -2.16. The number of hydrogen-bond acceptors (Lipinski definition) is 3. The summed E-state index contributed by atoms with van der Waals surface area (Å²) in [5.41, 5.74) is 0.680. The Labute approximate surface area is 136 Å². The van der Waals surface area contributed by atoms with Crippen LogP contribution in [0.4, 0.5) is 5.69 Å². The van der Waals surface area contributed by atoms with Crippen molar-refractivity contribution in [3.63, 3.8) is 0 Å². The Morgan fingerprint density at radius 2 is 2.25 bits per heavy atom. The van der Waals surface area contributed by atoms with Crippen LogP contribution in [-0.4, -0.2) is 36.5 Å². The van der Waals surface area contributed by atoms with Gasteiger partial charge in [-0.25, -0.2) is 0 Å². The summed E-state index contributed by atoms with van der Waals surface area (Å²) in [5, 5.41) is 8.89. The maximum Gasteiger partial charge on any atom is 0.243 e. The van der Waals surface area contributed by atoms with Gasteiger partial charge in [-0.15, -0.1) is 24.0 Å². The summed E-state index contributed by atoms with van der Waals surface area (Å²) in [5.74, 6) is 0.482. The summed E-state index contributed by atoms with van der Waals surface area (Å²) in [7, 11) is 1.68. The van der Waals surface area contributed by atoms with E-state index in [1.807, 2.05) is 0 Å². The van der Waals surface area contributed by atoms with Gasteiger partial charge in [0.05, 0.1) is 18.4 Å². The van der Waals surface area contributed by atoms with E-state index in [1.165, 1.54) is 0 Å². The number of aliphatic imine (C=N–C) groups is 1. The summed E-state index contributed by atoms with van der Waals surface area (Å²) in [6, 6.07) is 3.87. The topological polar surface area (TPSA) is 78.4 Å². The van der Waals surface area contributed by atoms with E-state index in [9.17, 15) is 4.79 Å². The van der Waals surface area contributed by atoms with E-state index < -0.39 is 0 Å². The Morgan fingerprint density at radius 3 is 2.80 bits per heavy atom. The van der Waals surface area contributed by atoms with Crippen molar-refractivity contribution in [3.8, 4) is 0 Å². The molecule has 1 heterocycles. The molecule has 0 aliphatic rings. The number of nitrogens with zero attached hydrogens (tertiary/aromatic N) is 2. The summed E-state index contributed by atoms with van der Waals surface area (Å²) in [4.78, 5) is 19.7. The van der Waals surface area contributed by atoms with E-state index >= 15 is 0 Å². The maximum absolute atomic E-state index is 11.7. The van der Waals surface area contributed by atoms with Crippen LogP contribution in [0.3, 0.4) is 0 Å². The molecule has 0 saturated heterocycles. The molecule has 112 valence electrons. The van der Waals surface area contributed by atoms with Crippen LogP contribution >= 0.6 is 24.0 Å². The van der Waals surface area contributed by atoms with Crippen molar-refractivity contribution in [2.45, 2.75) is 26.3 Å². The normalized spacial score (nSPS) is 12.1. The number of carbonyl (C=O) groups excluding carboxylic acids is 1. The Balaban J connectivity index is 0.00000361. The third kappa shape index (κ3) is 7.27. The van der Waals surface area contributed by atoms with E-state index in [2.05, 4.69) is 39.8 Å². The minimum absolute atomic E-state index is 0. The van der Waals surface area contributed by atoms with Crippen LogP contribution < -0.4 is 16.0 Å². The molecule has 7 heteroatoms. The fourth-order valence-corrected chi connectivity index (χ4v) is 1.34. The molecule has 0 radical (unpaired) electrons. The first kappa shape index (κ1) is 18.6. The van der Waals surface area contributed by atoms with Gasteiger partial charge in [0.2, 0.25) is 5.91 Å². The van der Waals surface area contributed by atoms with E-state index in [-0.39, 0.29) is 36.4 Å². The second kappa shape index (κ2) is 10.4. The number of nitrogens with one attached hydrogen (secondary N) is 3. The molecule has 20 heavy (non-hydrogen) atoms. The summed E-state index contributed by atoms with van der Waals surface area (Å²) >= 11 is 0. The molecule has 1 rings (SSSR count). The molecule has 1 aromatic rings. The van der Waals surface area contributed by atoms with Crippen LogP contribution in [0.1, 0.15) is 20.3 Å². The molecule has 6 nitrogen and oxygen atoms in total. The zero-order valence-corrected chi connectivity index (χ0v) is 14.3. The number of hydrogen-bond donors (Lipinski definition) is 3. The van der Waals surface area contributed by atoms with Gasteiger partial charge >= 0.3 is 0 Å². The largest absolute Gasteiger partial charge is 0.354 e. The number of halogens is 1. The molecule has 1 amide bonds. The average molecular weight is 391 g/mol. The van der Waals surface area contributed by atoms with Crippen molar-refractivity contribution in [1.29, 1.82) is 0 Å². The van der Waals surface area contributed by atoms with Crippen molar-refractivity contribution in [2.24, 2.45) is 4.99 Å². The lowest BCUT2D eigenvalue weighted by atomic mass is 10.3. The first-order valence-electron chi connectivity index (χ1n) is 6.32. The van der Waals surface area contributed by atoms with Gasteiger partial charge in [0.25, 0.3) is 0 Å². The highest BCUT2D eigenvalue weighted by Gasteiger charge is 2.06. The fourth-order valence-electron chi connectivity index (χ4n) is 1.34. The molecule has 0 fully saturated rings. The van der Waals surface area contributed by atoms with Gasteiger partial charge in [-0.2, -0.15) is 0 Å². The van der Waals surface area contributed by atoms with Gasteiger partial charge in [-0.3, -0.25) is 14.8 Å². The molecule has 0 aliphatic heterocycles. The van der Waals surface area contributed by atoms with Crippen molar-refractivity contribution in [2.75, 3.05) is 18.9 Å². The van der Waals surface area contributed by atoms with E-state index in [1.54, 1.807) is 31.6 Å². The molecular weight excluding hydrogens is 369 g/mol. The number of anilines is 1. The molecule has 0 bridgehead atoms. The van der Waals surface area contributed by atoms with Crippen molar-refractivity contribution < 1.29 is 4.79 Å². The number of aromatic nitrogens is 1. The average Bonchev–Trinajstić information content (AvgIpc) is 2.44. The Hall–Kier alpha value is -1.38. The molecule has 0 aromatic carbocycles. The molecule has 3 N–H and O–H groups in total. The van der Waals surface area contributed by atoms with Crippen molar-refractivity contribution in [1.82, 2.24) is 15.6 Å². The van der Waals surface area contributed by atoms with Crippen molar-refractivity contribution >= 4 is 41.5 Å². The molecule has 1 unspecified atom stereocenters. The van der Waals surface area contributed by atoms with Gasteiger partial charge in [0, 0.05) is 19.3 Å². The second-order valence-electron chi connectivity index (χ2n) is 4.17. The van der Waals surface area contributed by atoms with Crippen LogP contribution in [0.5, 0.6) is 0 Å². The van der Waals surface area contributed by atoms with Crippen LogP contribution in [0.15, 0.2) is 29.5 Å². The Morgan fingerprint density at radius 1 is 1.50 bits per heavy atom. The SMILES string of the molecule is CCC(C)NC(=NC)NCC(=O)Nc1cccnc1.I. The number of carbonyl (C=O) groups is 1. The molecule has 0 aliphatic carbocycles. The molecule has 1 atom stereocenters. The van der Waals surface area contributed by atoms with E-state index in [0.29, 0.717) is 17.7 Å². The highest BCUT2D eigenvalue weighted by atomic mass is 127.